The van der Waals surface area contributed by atoms with Gasteiger partial charge in [0.05, 0.1) is 0 Å². The minimum Gasteiger partial charge on any atom is -0.392 e. The first-order chi connectivity index (χ1) is 6.68. The molecule has 0 aliphatic rings. The SMILES string of the molecule is C=C[Si](C)(OCC)OCCCCCC. The van der Waals surface area contributed by atoms with Gasteiger partial charge < -0.3 is 8.85 Å². The van der Waals surface area contributed by atoms with Crippen molar-refractivity contribution in [3.8, 4) is 0 Å². The fourth-order valence-electron chi connectivity index (χ4n) is 1.25. The molecule has 0 aromatic heterocycles. The molecule has 0 bridgehead atoms. The molecule has 14 heavy (non-hydrogen) atoms. The van der Waals surface area contributed by atoms with E-state index >= 15 is 0 Å². The van der Waals surface area contributed by atoms with E-state index in [1.807, 2.05) is 19.2 Å². The molecular weight excluding hydrogens is 192 g/mol. The lowest BCUT2D eigenvalue weighted by atomic mass is 10.2. The molecule has 1 unspecified atom stereocenters. The van der Waals surface area contributed by atoms with Crippen LogP contribution < -0.4 is 0 Å². The third-order valence-electron chi connectivity index (χ3n) is 2.19. The predicted molar refractivity (Wildman–Crippen MR) is 63.5 cm³/mol. The van der Waals surface area contributed by atoms with Gasteiger partial charge in [0.15, 0.2) is 0 Å². The van der Waals surface area contributed by atoms with E-state index in [0.29, 0.717) is 6.61 Å². The fraction of sp³-hybridized carbons (Fsp3) is 0.818. The van der Waals surface area contributed by atoms with Crippen molar-refractivity contribution >= 4 is 8.56 Å². The molecule has 0 aromatic rings. The van der Waals surface area contributed by atoms with Crippen LogP contribution in [0.4, 0.5) is 0 Å². The minimum absolute atomic E-state index is 0.712. The highest BCUT2D eigenvalue weighted by Crippen LogP contribution is 2.09. The second-order valence-corrected chi connectivity index (χ2v) is 6.58. The maximum atomic E-state index is 5.76. The maximum absolute atomic E-state index is 5.76. The van der Waals surface area contributed by atoms with Gasteiger partial charge in [-0.2, -0.15) is 0 Å². The Hall–Kier alpha value is -0.123. The average Bonchev–Trinajstić information content (AvgIpc) is 2.18. The summed E-state index contributed by atoms with van der Waals surface area (Å²) in [6.45, 7) is 11.6. The van der Waals surface area contributed by atoms with Crippen molar-refractivity contribution in [1.29, 1.82) is 0 Å². The van der Waals surface area contributed by atoms with Crippen LogP contribution in [-0.4, -0.2) is 21.8 Å². The average molecular weight is 216 g/mol. The lowest BCUT2D eigenvalue weighted by Crippen LogP contribution is -2.36. The van der Waals surface area contributed by atoms with Crippen LogP contribution in [0.15, 0.2) is 12.3 Å². The van der Waals surface area contributed by atoms with Gasteiger partial charge in [0.2, 0.25) is 0 Å². The summed E-state index contributed by atoms with van der Waals surface area (Å²) in [5, 5.41) is 0. The van der Waals surface area contributed by atoms with Crippen LogP contribution in [0.1, 0.15) is 39.5 Å². The zero-order chi connectivity index (χ0) is 10.9. The highest BCUT2D eigenvalue weighted by Gasteiger charge is 2.26. The van der Waals surface area contributed by atoms with E-state index in [0.717, 1.165) is 13.0 Å². The Morgan fingerprint density at radius 1 is 1.14 bits per heavy atom. The van der Waals surface area contributed by atoms with Crippen LogP contribution >= 0.6 is 0 Å². The summed E-state index contributed by atoms with van der Waals surface area (Å²) in [6, 6.07) is 0. The molecule has 3 heteroatoms. The fourth-order valence-corrected chi connectivity index (χ4v) is 2.69. The Kier molecular flexibility index (Phi) is 8.13. The highest BCUT2D eigenvalue weighted by molar-refractivity contribution is 6.71. The zero-order valence-corrected chi connectivity index (χ0v) is 10.8. The van der Waals surface area contributed by atoms with E-state index in [1.165, 1.54) is 19.3 Å². The molecular formula is C11H24O2Si. The van der Waals surface area contributed by atoms with E-state index in [-0.39, 0.29) is 0 Å². The van der Waals surface area contributed by atoms with Crippen molar-refractivity contribution in [2.75, 3.05) is 13.2 Å². The molecule has 0 saturated heterocycles. The first kappa shape index (κ1) is 13.9. The van der Waals surface area contributed by atoms with Crippen molar-refractivity contribution in [3.05, 3.63) is 12.3 Å². The maximum Gasteiger partial charge on any atom is 0.361 e. The molecule has 0 spiro atoms. The predicted octanol–water partition coefficient (Wildman–Crippen LogP) is 3.42. The second-order valence-electron chi connectivity index (χ2n) is 3.56. The quantitative estimate of drug-likeness (QED) is 0.434. The van der Waals surface area contributed by atoms with Gasteiger partial charge in [-0.1, -0.05) is 26.2 Å². The summed E-state index contributed by atoms with van der Waals surface area (Å²) in [4.78, 5) is 0. The third-order valence-corrected chi connectivity index (χ3v) is 4.57. The van der Waals surface area contributed by atoms with E-state index in [2.05, 4.69) is 13.5 Å². The number of hydrogen-bond donors (Lipinski definition) is 0. The normalized spacial score (nSPS) is 15.1. The topological polar surface area (TPSA) is 18.5 Å². The van der Waals surface area contributed by atoms with Crippen LogP contribution in [-0.2, 0) is 8.85 Å². The van der Waals surface area contributed by atoms with E-state index in [1.54, 1.807) is 0 Å². The van der Waals surface area contributed by atoms with Crippen LogP contribution in [0.25, 0.3) is 0 Å². The van der Waals surface area contributed by atoms with Crippen molar-refractivity contribution < 1.29 is 8.85 Å². The largest absolute Gasteiger partial charge is 0.392 e. The first-order valence-corrected chi connectivity index (χ1v) is 7.99. The van der Waals surface area contributed by atoms with Crippen molar-refractivity contribution in [3.63, 3.8) is 0 Å². The van der Waals surface area contributed by atoms with Crippen LogP contribution in [0.5, 0.6) is 0 Å². The lowest BCUT2D eigenvalue weighted by molar-refractivity contribution is 0.188. The summed E-state index contributed by atoms with van der Waals surface area (Å²) in [7, 11) is -2.02. The van der Waals surface area contributed by atoms with Gasteiger partial charge in [-0.15, -0.1) is 6.58 Å². The van der Waals surface area contributed by atoms with Crippen LogP contribution in [0.2, 0.25) is 6.55 Å². The third kappa shape index (κ3) is 6.35. The van der Waals surface area contributed by atoms with Crippen LogP contribution in [0, 0.1) is 0 Å². The number of unbranched alkanes of at least 4 members (excludes halogenated alkanes) is 3. The van der Waals surface area contributed by atoms with Crippen molar-refractivity contribution in [2.24, 2.45) is 0 Å². The summed E-state index contributed by atoms with van der Waals surface area (Å²) in [6.07, 6.45) is 4.95. The monoisotopic (exact) mass is 216 g/mol. The molecule has 0 aromatic carbocycles. The molecule has 0 amide bonds. The smallest absolute Gasteiger partial charge is 0.361 e. The molecule has 0 aliphatic carbocycles. The summed E-state index contributed by atoms with van der Waals surface area (Å²) >= 11 is 0. The van der Waals surface area contributed by atoms with Gasteiger partial charge in [0.25, 0.3) is 0 Å². The summed E-state index contributed by atoms with van der Waals surface area (Å²) in [5.41, 5.74) is 1.86. The summed E-state index contributed by atoms with van der Waals surface area (Å²) in [5.74, 6) is 0. The zero-order valence-electron chi connectivity index (χ0n) is 9.84. The van der Waals surface area contributed by atoms with Gasteiger partial charge in [-0.3, -0.25) is 0 Å². The summed E-state index contributed by atoms with van der Waals surface area (Å²) < 4.78 is 11.3. The Morgan fingerprint density at radius 2 is 1.86 bits per heavy atom. The van der Waals surface area contributed by atoms with Gasteiger partial charge in [0.1, 0.15) is 0 Å². The standard InChI is InChI=1S/C11H24O2Si/c1-5-8-9-10-11-13-14(4,7-3)12-6-2/h7H,3,5-6,8-11H2,1-2,4H3. The number of rotatable bonds is 9. The molecule has 0 N–H and O–H groups in total. The molecule has 0 rings (SSSR count). The molecule has 0 fully saturated rings. The molecule has 1 atom stereocenters. The molecule has 84 valence electrons. The Morgan fingerprint density at radius 3 is 2.36 bits per heavy atom. The highest BCUT2D eigenvalue weighted by atomic mass is 28.4. The van der Waals surface area contributed by atoms with E-state index < -0.39 is 8.56 Å². The lowest BCUT2D eigenvalue weighted by Gasteiger charge is -2.22. The second kappa shape index (κ2) is 8.21. The van der Waals surface area contributed by atoms with Gasteiger partial charge >= 0.3 is 8.56 Å². The molecule has 0 heterocycles. The molecule has 0 radical (unpaired) electrons. The van der Waals surface area contributed by atoms with Gasteiger partial charge in [-0.05, 0) is 25.6 Å². The molecule has 2 nitrogen and oxygen atoms in total. The van der Waals surface area contributed by atoms with Gasteiger partial charge in [0, 0.05) is 13.2 Å². The molecule has 0 saturated carbocycles. The minimum atomic E-state index is -2.02. The van der Waals surface area contributed by atoms with Crippen molar-refractivity contribution in [2.45, 2.75) is 46.1 Å². The molecule has 0 aliphatic heterocycles. The first-order valence-electron chi connectivity index (χ1n) is 5.60. The Bertz CT molecular complexity index is 150. The van der Waals surface area contributed by atoms with E-state index in [9.17, 15) is 0 Å². The Labute approximate surface area is 89.6 Å². The van der Waals surface area contributed by atoms with Crippen molar-refractivity contribution in [1.82, 2.24) is 0 Å². The number of hydrogen-bond acceptors (Lipinski definition) is 2. The van der Waals surface area contributed by atoms with Gasteiger partial charge in [-0.25, -0.2) is 0 Å². The van der Waals surface area contributed by atoms with E-state index in [4.69, 9.17) is 8.85 Å². The Balaban J connectivity index is 3.56. The van der Waals surface area contributed by atoms with Crippen LogP contribution in [0.3, 0.4) is 0 Å².